The summed E-state index contributed by atoms with van der Waals surface area (Å²) in [5.74, 6) is -1.08. The smallest absolute Gasteiger partial charge is 0.335 e. The van der Waals surface area contributed by atoms with Crippen LogP contribution in [0.3, 0.4) is 0 Å². The molecule has 1 aromatic rings. The van der Waals surface area contributed by atoms with Crippen molar-refractivity contribution in [3.8, 4) is 0 Å². The first-order valence-corrected chi connectivity index (χ1v) is 11.8. The fraction of sp³-hybridized carbons (Fsp3) is 0.727. The molecule has 0 aliphatic heterocycles. The van der Waals surface area contributed by atoms with Crippen LogP contribution < -0.4 is 0 Å². The summed E-state index contributed by atoms with van der Waals surface area (Å²) < 4.78 is 38.6. The first kappa shape index (κ1) is 25.8. The zero-order valence-electron chi connectivity index (χ0n) is 17.6. The summed E-state index contributed by atoms with van der Waals surface area (Å²) in [6.07, 6.45) is 8.61. The highest BCUT2D eigenvalue weighted by atomic mass is 32.2. The number of halogens is 3. The van der Waals surface area contributed by atoms with Gasteiger partial charge in [0.15, 0.2) is 0 Å². The molecule has 0 unspecified atom stereocenters. The molecule has 7 heteroatoms. The third kappa shape index (κ3) is 12.8. The quantitative estimate of drug-likeness (QED) is 0.211. The molecule has 0 radical (unpaired) electrons. The number of carbonyl (C=O) groups is 1. The van der Waals surface area contributed by atoms with Crippen LogP contribution in [-0.2, 0) is 4.79 Å². The largest absolute Gasteiger partial charge is 0.471 e. The van der Waals surface area contributed by atoms with Gasteiger partial charge in [-0.25, -0.2) is 4.98 Å². The van der Waals surface area contributed by atoms with Crippen molar-refractivity contribution >= 4 is 17.7 Å². The Hall–Kier alpha value is -1.24. The van der Waals surface area contributed by atoms with E-state index in [-0.39, 0.29) is 13.1 Å². The van der Waals surface area contributed by atoms with E-state index in [4.69, 9.17) is 0 Å². The SMILES string of the molecule is CCCCCCCCCCCCN(CCCSc1ccccn1)C(=O)C(F)(F)F. The van der Waals surface area contributed by atoms with Crippen molar-refractivity contribution in [3.05, 3.63) is 24.4 Å². The molecule has 0 atom stereocenters. The number of alkyl halides is 3. The van der Waals surface area contributed by atoms with Crippen LogP contribution >= 0.6 is 11.8 Å². The number of nitrogens with zero attached hydrogens (tertiary/aromatic N) is 2. The second-order valence-corrected chi connectivity index (χ2v) is 8.46. The molecule has 1 heterocycles. The van der Waals surface area contributed by atoms with Crippen molar-refractivity contribution in [1.82, 2.24) is 9.88 Å². The maximum absolute atomic E-state index is 12.9. The molecule has 0 bridgehead atoms. The van der Waals surface area contributed by atoms with Gasteiger partial charge in [0.05, 0.1) is 5.03 Å². The number of rotatable bonds is 16. The van der Waals surface area contributed by atoms with E-state index in [1.165, 1.54) is 50.3 Å². The summed E-state index contributed by atoms with van der Waals surface area (Å²) >= 11 is 1.50. The lowest BCUT2D eigenvalue weighted by Gasteiger charge is -2.23. The Morgan fingerprint density at radius 3 is 2.07 bits per heavy atom. The average Bonchev–Trinajstić information content (AvgIpc) is 2.70. The monoisotopic (exact) mass is 432 g/mol. The third-order valence-electron chi connectivity index (χ3n) is 4.77. The van der Waals surface area contributed by atoms with Gasteiger partial charge in [-0.1, -0.05) is 70.8 Å². The number of thioether (sulfide) groups is 1. The van der Waals surface area contributed by atoms with Crippen LogP contribution in [0.5, 0.6) is 0 Å². The summed E-state index contributed by atoms with van der Waals surface area (Å²) in [6, 6.07) is 5.56. The predicted molar refractivity (Wildman–Crippen MR) is 114 cm³/mol. The molecule has 3 nitrogen and oxygen atoms in total. The van der Waals surface area contributed by atoms with E-state index >= 15 is 0 Å². The third-order valence-corrected chi connectivity index (χ3v) is 5.80. The Balaban J connectivity index is 2.23. The summed E-state index contributed by atoms with van der Waals surface area (Å²) in [4.78, 5) is 16.9. The molecule has 0 aromatic carbocycles. The Labute approximate surface area is 177 Å². The highest BCUT2D eigenvalue weighted by molar-refractivity contribution is 7.99. The van der Waals surface area contributed by atoms with E-state index in [9.17, 15) is 18.0 Å². The average molecular weight is 433 g/mol. The van der Waals surface area contributed by atoms with Crippen molar-refractivity contribution < 1.29 is 18.0 Å². The first-order valence-electron chi connectivity index (χ1n) is 10.8. The molecule has 0 saturated heterocycles. The highest BCUT2D eigenvalue weighted by Crippen LogP contribution is 2.21. The van der Waals surface area contributed by atoms with E-state index in [2.05, 4.69) is 11.9 Å². The summed E-state index contributed by atoms with van der Waals surface area (Å²) in [7, 11) is 0. The molecule has 0 fully saturated rings. The van der Waals surface area contributed by atoms with Gasteiger partial charge in [-0.2, -0.15) is 13.2 Å². The second kappa shape index (κ2) is 15.6. The number of carbonyl (C=O) groups excluding carboxylic acids is 1. The van der Waals surface area contributed by atoms with Crippen molar-refractivity contribution in [3.63, 3.8) is 0 Å². The molecule has 1 rings (SSSR count). The molecule has 0 spiro atoms. The Morgan fingerprint density at radius 1 is 0.931 bits per heavy atom. The van der Waals surface area contributed by atoms with Gasteiger partial charge in [0, 0.05) is 25.0 Å². The van der Waals surface area contributed by atoms with Crippen LogP contribution in [0.15, 0.2) is 29.4 Å². The van der Waals surface area contributed by atoms with E-state index in [1.807, 2.05) is 18.2 Å². The zero-order chi connectivity index (χ0) is 21.4. The standard InChI is InChI=1S/C22H35F3N2OS/c1-2-3-4-5-6-7-8-9-10-13-17-27(21(28)22(23,24)25)18-14-19-29-20-15-11-12-16-26-20/h11-12,15-16H,2-10,13-14,17-19H2,1H3. The van der Waals surface area contributed by atoms with Crippen LogP contribution in [0.25, 0.3) is 0 Å². The number of amides is 1. The van der Waals surface area contributed by atoms with Crippen molar-refractivity contribution in [2.75, 3.05) is 18.8 Å². The molecular formula is C22H35F3N2OS. The molecule has 1 amide bonds. The number of unbranched alkanes of at least 4 members (excludes halogenated alkanes) is 9. The molecule has 29 heavy (non-hydrogen) atoms. The van der Waals surface area contributed by atoms with Crippen molar-refractivity contribution in [1.29, 1.82) is 0 Å². The van der Waals surface area contributed by atoms with Crippen molar-refractivity contribution in [2.24, 2.45) is 0 Å². The van der Waals surface area contributed by atoms with Crippen molar-refractivity contribution in [2.45, 2.75) is 88.8 Å². The number of aromatic nitrogens is 1. The highest BCUT2D eigenvalue weighted by Gasteiger charge is 2.41. The Bertz CT molecular complexity index is 541. The summed E-state index contributed by atoms with van der Waals surface area (Å²) in [6.45, 7) is 2.52. The van der Waals surface area contributed by atoms with Crippen LogP contribution in [0.1, 0.15) is 77.6 Å². The number of hydrogen-bond acceptors (Lipinski definition) is 3. The van der Waals surface area contributed by atoms with Crippen LogP contribution in [0, 0.1) is 0 Å². The number of pyridine rings is 1. The lowest BCUT2D eigenvalue weighted by atomic mass is 10.1. The van der Waals surface area contributed by atoms with Crippen LogP contribution in [0.4, 0.5) is 13.2 Å². The van der Waals surface area contributed by atoms with Gasteiger partial charge in [-0.15, -0.1) is 11.8 Å². The minimum absolute atomic E-state index is 0.135. The van der Waals surface area contributed by atoms with Gasteiger partial charge in [0.2, 0.25) is 0 Å². The minimum Gasteiger partial charge on any atom is -0.335 e. The fourth-order valence-electron chi connectivity index (χ4n) is 3.15. The molecule has 0 N–H and O–H groups in total. The van der Waals surface area contributed by atoms with Gasteiger partial charge in [-0.05, 0) is 25.0 Å². The van der Waals surface area contributed by atoms with E-state index in [0.29, 0.717) is 18.6 Å². The lowest BCUT2D eigenvalue weighted by molar-refractivity contribution is -0.185. The lowest BCUT2D eigenvalue weighted by Crippen LogP contribution is -2.42. The van der Waals surface area contributed by atoms with Gasteiger partial charge >= 0.3 is 12.1 Å². The van der Waals surface area contributed by atoms with Gasteiger partial charge < -0.3 is 4.90 Å². The first-order chi connectivity index (χ1) is 13.9. The minimum atomic E-state index is -4.80. The van der Waals surface area contributed by atoms with Gasteiger partial charge in [-0.3, -0.25) is 4.79 Å². The van der Waals surface area contributed by atoms with Gasteiger partial charge in [0.25, 0.3) is 0 Å². The maximum Gasteiger partial charge on any atom is 0.471 e. The molecule has 0 saturated carbocycles. The molecule has 0 aliphatic carbocycles. The molecule has 166 valence electrons. The van der Waals surface area contributed by atoms with E-state index in [0.717, 1.165) is 29.2 Å². The normalized spacial score (nSPS) is 11.6. The van der Waals surface area contributed by atoms with Crippen LogP contribution in [0.2, 0.25) is 0 Å². The van der Waals surface area contributed by atoms with Crippen LogP contribution in [-0.4, -0.2) is 40.8 Å². The topological polar surface area (TPSA) is 33.2 Å². The van der Waals surface area contributed by atoms with Gasteiger partial charge in [0.1, 0.15) is 0 Å². The van der Waals surface area contributed by atoms with E-state index in [1.54, 1.807) is 6.20 Å². The maximum atomic E-state index is 12.9. The zero-order valence-corrected chi connectivity index (χ0v) is 18.4. The molecule has 0 aliphatic rings. The Morgan fingerprint density at radius 2 is 1.52 bits per heavy atom. The fourth-order valence-corrected chi connectivity index (χ4v) is 3.94. The predicted octanol–water partition coefficient (Wildman–Crippen LogP) is 6.88. The molecular weight excluding hydrogens is 397 g/mol. The Kier molecular flexibility index (Phi) is 13.9. The summed E-state index contributed by atoms with van der Waals surface area (Å²) in [5.41, 5.74) is 0. The summed E-state index contributed by atoms with van der Waals surface area (Å²) in [5, 5.41) is 0.843. The van der Waals surface area contributed by atoms with E-state index < -0.39 is 12.1 Å². The number of hydrogen-bond donors (Lipinski definition) is 0. The second-order valence-electron chi connectivity index (χ2n) is 7.34. The molecule has 1 aromatic heterocycles.